The Hall–Kier alpha value is -0.770. The zero-order valence-electron chi connectivity index (χ0n) is 8.22. The number of ether oxygens (including phenoxy) is 1. The van der Waals surface area contributed by atoms with Gasteiger partial charge in [0.1, 0.15) is 0 Å². The van der Waals surface area contributed by atoms with E-state index < -0.39 is 6.09 Å². The van der Waals surface area contributed by atoms with Crippen LogP contribution in [0.4, 0.5) is 4.79 Å². The minimum Gasteiger partial charge on any atom is -0.453 e. The molecule has 0 unspecified atom stereocenters. The Morgan fingerprint density at radius 1 is 1.50 bits per heavy atom. The molecule has 0 aromatic heterocycles. The maximum atomic E-state index is 10.3. The lowest BCUT2D eigenvalue weighted by Crippen LogP contribution is -2.25. The standard InChI is InChI=1S/C5H12N2O2.C3H8/c1-9-5(8)7-4-2-3-6;1-3-2/h2-4,6H2,1H3,(H,7,8);3H2,1-2H3. The predicted octanol–water partition coefficient (Wildman–Crippen LogP) is 1.11. The third-order valence-corrected chi connectivity index (χ3v) is 0.836. The molecule has 0 heterocycles. The van der Waals surface area contributed by atoms with Crippen molar-refractivity contribution in [2.45, 2.75) is 26.7 Å². The molecule has 0 fully saturated rings. The number of carbonyl (C=O) groups excluding carboxylic acids is 1. The number of amides is 1. The SMILES string of the molecule is CCC.COC(=O)NCCCN. The van der Waals surface area contributed by atoms with E-state index in [2.05, 4.69) is 23.9 Å². The van der Waals surface area contributed by atoms with Crippen molar-refractivity contribution in [2.75, 3.05) is 20.2 Å². The summed E-state index contributed by atoms with van der Waals surface area (Å²) in [6.45, 7) is 5.42. The van der Waals surface area contributed by atoms with Crippen LogP contribution in [0.25, 0.3) is 0 Å². The molecule has 0 spiro atoms. The summed E-state index contributed by atoms with van der Waals surface area (Å²) in [4.78, 5) is 10.3. The zero-order valence-corrected chi connectivity index (χ0v) is 8.22. The number of alkyl carbamates (subject to hydrolysis) is 1. The molecule has 0 saturated heterocycles. The molecule has 1 amide bonds. The summed E-state index contributed by atoms with van der Waals surface area (Å²) in [5.74, 6) is 0. The van der Waals surface area contributed by atoms with Gasteiger partial charge in [0, 0.05) is 6.54 Å². The van der Waals surface area contributed by atoms with Crippen molar-refractivity contribution in [1.82, 2.24) is 5.32 Å². The van der Waals surface area contributed by atoms with Crippen molar-refractivity contribution in [2.24, 2.45) is 5.73 Å². The largest absolute Gasteiger partial charge is 0.453 e. The molecule has 0 bridgehead atoms. The van der Waals surface area contributed by atoms with Crippen molar-refractivity contribution >= 4 is 6.09 Å². The Labute approximate surface area is 74.5 Å². The Morgan fingerprint density at radius 2 is 2.00 bits per heavy atom. The second-order valence-electron chi connectivity index (χ2n) is 2.27. The topological polar surface area (TPSA) is 64.3 Å². The normalized spacial score (nSPS) is 8.00. The first kappa shape index (κ1) is 13.8. The highest BCUT2D eigenvalue weighted by atomic mass is 16.5. The van der Waals surface area contributed by atoms with E-state index in [1.807, 2.05) is 0 Å². The van der Waals surface area contributed by atoms with Crippen molar-refractivity contribution in [3.8, 4) is 0 Å². The van der Waals surface area contributed by atoms with Crippen LogP contribution in [0.1, 0.15) is 26.7 Å². The molecule has 0 aliphatic carbocycles. The Bertz CT molecular complexity index is 97.1. The minimum atomic E-state index is -0.400. The van der Waals surface area contributed by atoms with Gasteiger partial charge in [0.2, 0.25) is 0 Å². The van der Waals surface area contributed by atoms with Crippen molar-refractivity contribution in [1.29, 1.82) is 0 Å². The highest BCUT2D eigenvalue weighted by Gasteiger charge is 1.93. The van der Waals surface area contributed by atoms with Crippen LogP contribution in [-0.2, 0) is 4.74 Å². The lowest BCUT2D eigenvalue weighted by Gasteiger charge is -1.99. The number of methoxy groups -OCH3 is 1. The molecule has 4 heteroatoms. The lowest BCUT2D eigenvalue weighted by molar-refractivity contribution is 0.171. The first-order valence-electron chi connectivity index (χ1n) is 4.24. The van der Waals surface area contributed by atoms with Crippen molar-refractivity contribution < 1.29 is 9.53 Å². The molecule has 0 rings (SSSR count). The fraction of sp³-hybridized carbons (Fsp3) is 0.875. The van der Waals surface area contributed by atoms with Crippen LogP contribution in [0.5, 0.6) is 0 Å². The lowest BCUT2D eigenvalue weighted by atomic mass is 10.4. The third-order valence-electron chi connectivity index (χ3n) is 0.836. The average molecular weight is 176 g/mol. The van der Waals surface area contributed by atoms with Gasteiger partial charge in [-0.25, -0.2) is 4.79 Å². The first-order valence-corrected chi connectivity index (χ1v) is 4.24. The van der Waals surface area contributed by atoms with Gasteiger partial charge >= 0.3 is 6.09 Å². The maximum absolute atomic E-state index is 10.3. The molecule has 0 aromatic rings. The van der Waals surface area contributed by atoms with Gasteiger partial charge in [-0.2, -0.15) is 0 Å². The highest BCUT2D eigenvalue weighted by Crippen LogP contribution is 1.72. The molecule has 0 aliphatic heterocycles. The zero-order chi connectivity index (χ0) is 9.82. The van der Waals surface area contributed by atoms with Crippen LogP contribution in [0.15, 0.2) is 0 Å². The average Bonchev–Trinajstić information content (AvgIpc) is 2.06. The van der Waals surface area contributed by atoms with E-state index in [-0.39, 0.29) is 0 Å². The highest BCUT2D eigenvalue weighted by molar-refractivity contribution is 5.66. The van der Waals surface area contributed by atoms with Gasteiger partial charge in [0.25, 0.3) is 0 Å². The second kappa shape index (κ2) is 12.9. The molecule has 0 aromatic carbocycles. The van der Waals surface area contributed by atoms with Crippen LogP contribution in [0, 0.1) is 0 Å². The molecule has 74 valence electrons. The maximum Gasteiger partial charge on any atom is 0.406 e. The van der Waals surface area contributed by atoms with E-state index >= 15 is 0 Å². The second-order valence-corrected chi connectivity index (χ2v) is 2.27. The van der Waals surface area contributed by atoms with E-state index in [0.29, 0.717) is 13.1 Å². The van der Waals surface area contributed by atoms with Crippen LogP contribution >= 0.6 is 0 Å². The van der Waals surface area contributed by atoms with E-state index in [4.69, 9.17) is 5.73 Å². The Morgan fingerprint density at radius 3 is 2.33 bits per heavy atom. The van der Waals surface area contributed by atoms with Crippen molar-refractivity contribution in [3.05, 3.63) is 0 Å². The molecule has 3 N–H and O–H groups in total. The van der Waals surface area contributed by atoms with Gasteiger partial charge < -0.3 is 15.8 Å². The molecular formula is C8H20N2O2. The third kappa shape index (κ3) is 16.1. The van der Waals surface area contributed by atoms with Gasteiger partial charge in [0.05, 0.1) is 7.11 Å². The molecule has 0 aliphatic rings. The fourth-order valence-corrected chi connectivity index (χ4v) is 0.365. The Balaban J connectivity index is 0. The van der Waals surface area contributed by atoms with E-state index in [1.54, 1.807) is 0 Å². The Kier molecular flexibility index (Phi) is 14.8. The van der Waals surface area contributed by atoms with Gasteiger partial charge in [-0.15, -0.1) is 0 Å². The monoisotopic (exact) mass is 176 g/mol. The number of hydrogen-bond acceptors (Lipinski definition) is 3. The number of nitrogens with two attached hydrogens (primary N) is 1. The summed E-state index contributed by atoms with van der Waals surface area (Å²) in [6, 6.07) is 0. The van der Waals surface area contributed by atoms with Gasteiger partial charge in [-0.3, -0.25) is 0 Å². The number of nitrogens with one attached hydrogen (secondary N) is 1. The van der Waals surface area contributed by atoms with Crippen LogP contribution in [-0.4, -0.2) is 26.3 Å². The van der Waals surface area contributed by atoms with E-state index in [9.17, 15) is 4.79 Å². The van der Waals surface area contributed by atoms with Crippen LogP contribution in [0.2, 0.25) is 0 Å². The number of rotatable bonds is 3. The van der Waals surface area contributed by atoms with E-state index in [0.717, 1.165) is 6.42 Å². The van der Waals surface area contributed by atoms with Gasteiger partial charge in [-0.05, 0) is 13.0 Å². The molecule has 4 nitrogen and oxygen atoms in total. The smallest absolute Gasteiger partial charge is 0.406 e. The molecule has 0 radical (unpaired) electrons. The quantitative estimate of drug-likeness (QED) is 0.633. The fourth-order valence-electron chi connectivity index (χ4n) is 0.365. The van der Waals surface area contributed by atoms with Gasteiger partial charge in [-0.1, -0.05) is 20.3 Å². The van der Waals surface area contributed by atoms with E-state index in [1.165, 1.54) is 13.5 Å². The number of carbonyl (C=O) groups is 1. The summed E-state index contributed by atoms with van der Waals surface area (Å²) in [6.07, 6.45) is 1.64. The summed E-state index contributed by atoms with van der Waals surface area (Å²) in [5, 5.41) is 2.49. The minimum absolute atomic E-state index is 0.400. The van der Waals surface area contributed by atoms with Crippen molar-refractivity contribution in [3.63, 3.8) is 0 Å². The molecule has 0 atom stereocenters. The summed E-state index contributed by atoms with van der Waals surface area (Å²) >= 11 is 0. The van der Waals surface area contributed by atoms with Crippen LogP contribution < -0.4 is 11.1 Å². The predicted molar refractivity (Wildman–Crippen MR) is 50.0 cm³/mol. The molecule has 0 saturated carbocycles. The van der Waals surface area contributed by atoms with Gasteiger partial charge in [0.15, 0.2) is 0 Å². The summed E-state index contributed by atoms with van der Waals surface area (Å²) in [7, 11) is 1.33. The van der Waals surface area contributed by atoms with Crippen LogP contribution in [0.3, 0.4) is 0 Å². The molecule has 12 heavy (non-hydrogen) atoms. The molecular weight excluding hydrogens is 156 g/mol. The summed E-state index contributed by atoms with van der Waals surface area (Å²) < 4.78 is 4.31. The number of hydrogen-bond donors (Lipinski definition) is 2. The first-order chi connectivity index (χ1) is 5.72. The summed E-state index contributed by atoms with van der Waals surface area (Å²) in [5.41, 5.74) is 5.16.